The van der Waals surface area contributed by atoms with Crippen LogP contribution in [0.2, 0.25) is 0 Å². The summed E-state index contributed by atoms with van der Waals surface area (Å²) in [5, 5.41) is 9.61. The van der Waals surface area contributed by atoms with Crippen LogP contribution in [0.25, 0.3) is 10.9 Å². The molecule has 0 spiro atoms. The summed E-state index contributed by atoms with van der Waals surface area (Å²) in [7, 11) is 0. The molecule has 0 aliphatic heterocycles. The van der Waals surface area contributed by atoms with Gasteiger partial charge < -0.3 is 19.3 Å². The SMILES string of the molecule is OCCOCCOCCOc1ccc2ccccc2n1. The number of aliphatic hydroxyl groups is 1. The van der Waals surface area contributed by atoms with E-state index in [1.807, 2.05) is 36.4 Å². The van der Waals surface area contributed by atoms with Crippen LogP contribution in [0.3, 0.4) is 0 Å². The molecule has 20 heavy (non-hydrogen) atoms. The third-order valence-corrected chi connectivity index (χ3v) is 2.66. The van der Waals surface area contributed by atoms with Gasteiger partial charge in [-0.2, -0.15) is 0 Å². The number of aliphatic hydroxyl groups excluding tert-OH is 1. The van der Waals surface area contributed by atoms with Crippen LogP contribution in [0.15, 0.2) is 36.4 Å². The lowest BCUT2D eigenvalue weighted by molar-refractivity contribution is 0.0243. The number of fused-ring (bicyclic) bond motifs is 1. The largest absolute Gasteiger partial charge is 0.475 e. The molecule has 1 heterocycles. The predicted octanol–water partition coefficient (Wildman–Crippen LogP) is 1.64. The second-order valence-corrected chi connectivity index (χ2v) is 4.14. The Bertz CT molecular complexity index is 518. The normalized spacial score (nSPS) is 10.8. The average molecular weight is 277 g/mol. The molecule has 0 aliphatic rings. The Morgan fingerprint density at radius 1 is 0.850 bits per heavy atom. The molecule has 108 valence electrons. The van der Waals surface area contributed by atoms with Gasteiger partial charge in [0, 0.05) is 11.5 Å². The lowest BCUT2D eigenvalue weighted by Gasteiger charge is -2.07. The Morgan fingerprint density at radius 2 is 1.60 bits per heavy atom. The van der Waals surface area contributed by atoms with E-state index in [2.05, 4.69) is 4.98 Å². The minimum atomic E-state index is 0.0384. The van der Waals surface area contributed by atoms with E-state index in [0.29, 0.717) is 38.9 Å². The van der Waals surface area contributed by atoms with Gasteiger partial charge in [0.25, 0.3) is 0 Å². The first kappa shape index (κ1) is 14.7. The molecular formula is C15H19NO4. The van der Waals surface area contributed by atoms with Crippen molar-refractivity contribution in [3.8, 4) is 5.88 Å². The van der Waals surface area contributed by atoms with Crippen molar-refractivity contribution in [3.63, 3.8) is 0 Å². The van der Waals surface area contributed by atoms with Gasteiger partial charge in [0.15, 0.2) is 0 Å². The van der Waals surface area contributed by atoms with Gasteiger partial charge in [-0.3, -0.25) is 0 Å². The molecule has 0 saturated heterocycles. The van der Waals surface area contributed by atoms with Crippen molar-refractivity contribution >= 4 is 10.9 Å². The van der Waals surface area contributed by atoms with Crippen molar-refractivity contribution in [2.75, 3.05) is 39.6 Å². The van der Waals surface area contributed by atoms with Crippen molar-refractivity contribution in [2.24, 2.45) is 0 Å². The van der Waals surface area contributed by atoms with Gasteiger partial charge in [-0.1, -0.05) is 18.2 Å². The number of aromatic nitrogens is 1. The number of pyridine rings is 1. The second-order valence-electron chi connectivity index (χ2n) is 4.14. The number of hydrogen-bond acceptors (Lipinski definition) is 5. The molecule has 0 aliphatic carbocycles. The summed E-state index contributed by atoms with van der Waals surface area (Å²) >= 11 is 0. The van der Waals surface area contributed by atoms with Crippen LogP contribution in [0.4, 0.5) is 0 Å². The summed E-state index contributed by atoms with van der Waals surface area (Å²) in [5.41, 5.74) is 0.920. The van der Waals surface area contributed by atoms with Gasteiger partial charge >= 0.3 is 0 Å². The van der Waals surface area contributed by atoms with E-state index in [1.165, 1.54) is 0 Å². The van der Waals surface area contributed by atoms with E-state index in [4.69, 9.17) is 19.3 Å². The third-order valence-electron chi connectivity index (χ3n) is 2.66. The fourth-order valence-corrected chi connectivity index (χ4v) is 1.72. The predicted molar refractivity (Wildman–Crippen MR) is 76.0 cm³/mol. The molecule has 5 heteroatoms. The summed E-state index contributed by atoms with van der Waals surface area (Å²) in [6, 6.07) is 11.7. The molecule has 0 amide bonds. The van der Waals surface area contributed by atoms with Gasteiger partial charge in [-0.25, -0.2) is 4.98 Å². The molecule has 1 aromatic heterocycles. The highest BCUT2D eigenvalue weighted by molar-refractivity contribution is 5.78. The Labute approximate surface area is 118 Å². The number of benzene rings is 1. The first-order valence-corrected chi connectivity index (χ1v) is 6.65. The molecule has 0 bridgehead atoms. The van der Waals surface area contributed by atoms with Crippen LogP contribution < -0.4 is 4.74 Å². The van der Waals surface area contributed by atoms with Crippen molar-refractivity contribution in [2.45, 2.75) is 0 Å². The van der Waals surface area contributed by atoms with Crippen molar-refractivity contribution in [1.29, 1.82) is 0 Å². The summed E-state index contributed by atoms with van der Waals surface area (Å²) in [4.78, 5) is 4.40. The monoisotopic (exact) mass is 277 g/mol. The molecule has 0 unspecified atom stereocenters. The maximum atomic E-state index is 8.52. The minimum absolute atomic E-state index is 0.0384. The topological polar surface area (TPSA) is 60.8 Å². The van der Waals surface area contributed by atoms with Gasteiger partial charge in [0.1, 0.15) is 6.61 Å². The molecule has 1 aromatic carbocycles. The molecule has 5 nitrogen and oxygen atoms in total. The van der Waals surface area contributed by atoms with Crippen molar-refractivity contribution < 1.29 is 19.3 Å². The Kier molecular flexibility index (Phi) is 6.23. The number of nitrogens with zero attached hydrogens (tertiary/aromatic N) is 1. The van der Waals surface area contributed by atoms with Crippen LogP contribution in [0.1, 0.15) is 0 Å². The standard InChI is InChI=1S/C15H19NO4/c17-7-8-18-9-10-19-11-12-20-15-6-5-13-3-1-2-4-14(13)16-15/h1-6,17H,7-12H2. The van der Waals surface area contributed by atoms with Gasteiger partial charge in [0.05, 0.1) is 38.6 Å². The van der Waals surface area contributed by atoms with E-state index >= 15 is 0 Å². The Hall–Kier alpha value is -1.69. The van der Waals surface area contributed by atoms with E-state index in [9.17, 15) is 0 Å². The highest BCUT2D eigenvalue weighted by Crippen LogP contribution is 2.15. The molecule has 0 radical (unpaired) electrons. The minimum Gasteiger partial charge on any atom is -0.475 e. The molecule has 2 aromatic rings. The highest BCUT2D eigenvalue weighted by atomic mass is 16.5. The summed E-state index contributed by atoms with van der Waals surface area (Å²) in [5.74, 6) is 0.601. The van der Waals surface area contributed by atoms with Crippen LogP contribution in [-0.2, 0) is 9.47 Å². The van der Waals surface area contributed by atoms with E-state index < -0.39 is 0 Å². The average Bonchev–Trinajstić information content (AvgIpc) is 2.50. The van der Waals surface area contributed by atoms with E-state index in [1.54, 1.807) is 0 Å². The quantitative estimate of drug-likeness (QED) is 0.706. The van der Waals surface area contributed by atoms with Crippen LogP contribution in [0.5, 0.6) is 5.88 Å². The summed E-state index contributed by atoms with van der Waals surface area (Å²) < 4.78 is 15.9. The molecule has 0 atom stereocenters. The highest BCUT2D eigenvalue weighted by Gasteiger charge is 1.98. The lowest BCUT2D eigenvalue weighted by atomic mass is 10.2. The maximum absolute atomic E-state index is 8.52. The zero-order valence-corrected chi connectivity index (χ0v) is 11.3. The third kappa shape index (κ3) is 4.77. The first-order valence-electron chi connectivity index (χ1n) is 6.65. The van der Waals surface area contributed by atoms with E-state index in [-0.39, 0.29) is 6.61 Å². The van der Waals surface area contributed by atoms with Crippen LogP contribution >= 0.6 is 0 Å². The molecule has 1 N–H and O–H groups in total. The smallest absolute Gasteiger partial charge is 0.213 e. The zero-order chi connectivity index (χ0) is 14.0. The Balaban J connectivity index is 1.65. The lowest BCUT2D eigenvalue weighted by Crippen LogP contribution is -2.12. The van der Waals surface area contributed by atoms with Crippen LogP contribution in [-0.4, -0.2) is 49.7 Å². The number of hydrogen-bond donors (Lipinski definition) is 1. The Morgan fingerprint density at radius 3 is 2.45 bits per heavy atom. The van der Waals surface area contributed by atoms with Crippen LogP contribution in [0, 0.1) is 0 Å². The maximum Gasteiger partial charge on any atom is 0.213 e. The van der Waals surface area contributed by atoms with Gasteiger partial charge in [-0.15, -0.1) is 0 Å². The zero-order valence-electron chi connectivity index (χ0n) is 11.3. The first-order chi connectivity index (χ1) is 9.90. The van der Waals surface area contributed by atoms with Gasteiger partial charge in [0.2, 0.25) is 5.88 Å². The fraction of sp³-hybridized carbons (Fsp3) is 0.400. The van der Waals surface area contributed by atoms with Crippen molar-refractivity contribution in [1.82, 2.24) is 4.98 Å². The molecule has 2 rings (SSSR count). The molecule has 0 fully saturated rings. The second kappa shape index (κ2) is 8.47. The fourth-order valence-electron chi connectivity index (χ4n) is 1.72. The molecular weight excluding hydrogens is 258 g/mol. The number of rotatable bonds is 9. The van der Waals surface area contributed by atoms with Crippen molar-refractivity contribution in [3.05, 3.63) is 36.4 Å². The van der Waals surface area contributed by atoms with Gasteiger partial charge in [-0.05, 0) is 12.1 Å². The molecule has 0 saturated carbocycles. The van der Waals surface area contributed by atoms with E-state index in [0.717, 1.165) is 10.9 Å². The number of ether oxygens (including phenoxy) is 3. The summed E-state index contributed by atoms with van der Waals surface area (Å²) in [6.45, 7) is 2.29. The number of para-hydroxylation sites is 1. The summed E-state index contributed by atoms with van der Waals surface area (Å²) in [6.07, 6.45) is 0.